The monoisotopic (exact) mass is 448 g/mol. The minimum atomic E-state index is -2.06. The number of fused-ring (bicyclic) bond motifs is 2. The smallest absolute Gasteiger partial charge is 0.378 e. The predicted octanol–water partition coefficient (Wildman–Crippen LogP) is 0.673. The minimum absolute atomic E-state index is 0.0718. The predicted molar refractivity (Wildman–Crippen MR) is 133 cm³/mol. The zero-order chi connectivity index (χ0) is 23.5. The van der Waals surface area contributed by atoms with E-state index in [1.165, 1.54) is 14.9 Å². The summed E-state index contributed by atoms with van der Waals surface area (Å²) in [6.45, 7) is 8.93. The fourth-order valence-electron chi connectivity index (χ4n) is 4.59. The Kier molecular flexibility index (Phi) is 5.00. The summed E-state index contributed by atoms with van der Waals surface area (Å²) in [4.78, 5) is 18.5. The van der Waals surface area contributed by atoms with Crippen molar-refractivity contribution < 1.29 is 9.49 Å². The van der Waals surface area contributed by atoms with Gasteiger partial charge in [0.1, 0.15) is 15.1 Å². The molecule has 3 aromatic rings. The van der Waals surface area contributed by atoms with Crippen LogP contribution in [0.4, 0.5) is 17.3 Å². The van der Waals surface area contributed by atoms with E-state index in [0.29, 0.717) is 10.7 Å². The first-order valence-corrected chi connectivity index (χ1v) is 13.5. The van der Waals surface area contributed by atoms with E-state index in [0.717, 1.165) is 28.1 Å². The lowest BCUT2D eigenvalue weighted by Crippen LogP contribution is -2.59. The average molecular weight is 449 g/mol. The summed E-state index contributed by atoms with van der Waals surface area (Å²) in [5.74, 6) is -0.0718. The highest BCUT2D eigenvalue weighted by Gasteiger charge is 2.39. The fourth-order valence-corrected chi connectivity index (χ4v) is 7.66. The van der Waals surface area contributed by atoms with E-state index in [4.69, 9.17) is 0 Å². The van der Waals surface area contributed by atoms with Gasteiger partial charge in [0.15, 0.2) is 0 Å². The van der Waals surface area contributed by atoms with Gasteiger partial charge in [-0.05, 0) is 52.3 Å². The Morgan fingerprint density at radius 2 is 1.44 bits per heavy atom. The molecule has 0 radical (unpaired) electrons. The zero-order valence-corrected chi connectivity index (χ0v) is 20.8. The van der Waals surface area contributed by atoms with Gasteiger partial charge < -0.3 is 19.9 Å². The molecule has 4 rings (SSSR count). The molecule has 1 aromatic heterocycles. The van der Waals surface area contributed by atoms with Crippen molar-refractivity contribution >= 4 is 47.9 Å². The largest absolute Gasteiger partial charge is 0.578 e. The summed E-state index contributed by atoms with van der Waals surface area (Å²) in [5.41, 5.74) is 5.52. The van der Waals surface area contributed by atoms with Crippen LogP contribution in [0.5, 0.6) is 0 Å². The number of benzene rings is 2. The molecule has 0 aliphatic carbocycles. The third-order valence-electron chi connectivity index (χ3n) is 6.60. The highest BCUT2D eigenvalue weighted by Crippen LogP contribution is 2.31. The molecular weight excluding hydrogens is 418 g/mol. The summed E-state index contributed by atoms with van der Waals surface area (Å²) in [6, 6.07) is 13.1. The van der Waals surface area contributed by atoms with E-state index < -0.39 is 13.0 Å². The summed E-state index contributed by atoms with van der Waals surface area (Å²) in [6.07, 6.45) is 0. The topological polar surface area (TPSA) is 69.3 Å². The van der Waals surface area contributed by atoms with Crippen LogP contribution in [0.25, 0.3) is 12.2 Å². The molecule has 1 N–H and O–H groups in total. The highest BCUT2D eigenvalue weighted by molar-refractivity contribution is 7.02. The maximum Gasteiger partial charge on any atom is 0.578 e. The zero-order valence-electron chi connectivity index (χ0n) is 19.8. The molecule has 0 saturated carbocycles. The van der Waals surface area contributed by atoms with Crippen LogP contribution in [-0.4, -0.2) is 46.2 Å². The highest BCUT2D eigenvalue weighted by atomic mass is 28.3. The molecule has 0 fully saturated rings. The van der Waals surface area contributed by atoms with Crippen molar-refractivity contribution in [2.24, 2.45) is 7.05 Å². The number of anilines is 2. The van der Waals surface area contributed by atoms with Gasteiger partial charge in [-0.25, -0.2) is 0 Å². The number of imidazole rings is 1. The van der Waals surface area contributed by atoms with Gasteiger partial charge in [0.25, 0.3) is 0 Å². The van der Waals surface area contributed by atoms with Crippen LogP contribution in [0.1, 0.15) is 11.1 Å². The van der Waals surface area contributed by atoms with Crippen molar-refractivity contribution in [3.05, 3.63) is 68.3 Å². The molecule has 0 saturated heterocycles. The minimum Gasteiger partial charge on any atom is -0.378 e. The van der Waals surface area contributed by atoms with E-state index >= 15 is 0 Å². The molecule has 1 aliphatic heterocycles. The molecule has 7 nitrogen and oxygen atoms in total. The first-order chi connectivity index (χ1) is 14.9. The Morgan fingerprint density at radius 3 is 1.81 bits per heavy atom. The molecule has 0 amide bonds. The van der Waals surface area contributed by atoms with E-state index in [1.807, 2.05) is 28.2 Å². The van der Waals surface area contributed by atoms with Crippen molar-refractivity contribution in [2.75, 3.05) is 38.0 Å². The van der Waals surface area contributed by atoms with Crippen LogP contribution in [0.3, 0.4) is 0 Å². The van der Waals surface area contributed by atoms with E-state index in [9.17, 15) is 10.1 Å². The van der Waals surface area contributed by atoms with Crippen molar-refractivity contribution in [3.8, 4) is 0 Å². The Morgan fingerprint density at radius 1 is 0.969 bits per heavy atom. The molecule has 8 heteroatoms. The van der Waals surface area contributed by atoms with Gasteiger partial charge in [0, 0.05) is 45.1 Å². The van der Waals surface area contributed by atoms with Crippen LogP contribution in [0.15, 0.2) is 36.4 Å². The normalized spacial score (nSPS) is 14.0. The molecule has 0 atom stereocenters. The van der Waals surface area contributed by atoms with Gasteiger partial charge in [-0.1, -0.05) is 25.2 Å². The van der Waals surface area contributed by atoms with Gasteiger partial charge in [-0.3, -0.25) is 0 Å². The molecule has 1 aliphatic rings. The number of H-pyrrole nitrogens is 1. The quantitative estimate of drug-likeness (QED) is 0.277. The van der Waals surface area contributed by atoms with Gasteiger partial charge >= 0.3 is 5.95 Å². The third-order valence-corrected chi connectivity index (χ3v) is 10.1. The second-order valence-corrected chi connectivity index (χ2v) is 13.7. The third kappa shape index (κ3) is 3.13. The second-order valence-electron chi connectivity index (χ2n) is 9.34. The summed E-state index contributed by atoms with van der Waals surface area (Å²) in [7, 11) is 7.80. The number of nitrogens with one attached hydrogen (secondary N) is 1. The number of rotatable bonds is 3. The van der Waals surface area contributed by atoms with Crippen LogP contribution < -0.4 is 35.4 Å². The average Bonchev–Trinajstić information content (AvgIpc) is 3.02. The standard InChI is InChI=1S/C24H29N5O2Si/c1-15-23(25-24(28(15)6)29(30)31)22-18-11-9-16(26(2)3)13-20(18)32(7,8)21-14-17(27(4)5)10-12-19(21)22/h9-14H,1H2,2-8H3/p+1. The first kappa shape index (κ1) is 21.8. The van der Waals surface area contributed by atoms with E-state index in [2.05, 4.69) is 70.9 Å². The number of aromatic amines is 1. The number of aromatic nitrogens is 2. The lowest BCUT2D eigenvalue weighted by molar-refractivity contribution is -0.725. The molecule has 2 aromatic carbocycles. The Labute approximate surface area is 189 Å². The van der Waals surface area contributed by atoms with E-state index in [-0.39, 0.29) is 5.95 Å². The molecule has 166 valence electrons. The number of hydrogen-bond donors (Lipinski definition) is 1. The van der Waals surface area contributed by atoms with Crippen molar-refractivity contribution in [1.82, 2.24) is 4.98 Å². The second kappa shape index (κ2) is 7.34. The fraction of sp³-hybridized carbons (Fsp3) is 0.292. The number of nitrogens with zero attached hydrogens (tertiary/aromatic N) is 4. The van der Waals surface area contributed by atoms with Gasteiger partial charge in [-0.15, -0.1) is 4.57 Å². The van der Waals surface area contributed by atoms with Gasteiger partial charge in [0.2, 0.25) is 10.7 Å². The molecule has 0 bridgehead atoms. The van der Waals surface area contributed by atoms with Crippen LogP contribution in [0.2, 0.25) is 13.1 Å². The Balaban J connectivity index is 2.20. The van der Waals surface area contributed by atoms with Gasteiger partial charge in [-0.2, -0.15) is 4.98 Å². The SMILES string of the molecule is C=c1c(=C2c3ccc(N(C)C)cc3[Si](C)(C)c3cc(N(C)C)ccc32)[nH]c([N+](=O)[O-])[n+]1C. The van der Waals surface area contributed by atoms with Crippen LogP contribution in [0, 0.1) is 10.1 Å². The molecule has 32 heavy (non-hydrogen) atoms. The first-order valence-electron chi connectivity index (χ1n) is 10.5. The van der Waals surface area contributed by atoms with Crippen molar-refractivity contribution in [3.63, 3.8) is 0 Å². The maximum atomic E-state index is 11.6. The molecule has 2 heterocycles. The van der Waals surface area contributed by atoms with Crippen molar-refractivity contribution in [2.45, 2.75) is 13.1 Å². The van der Waals surface area contributed by atoms with Crippen molar-refractivity contribution in [1.29, 1.82) is 0 Å². The summed E-state index contributed by atoms with van der Waals surface area (Å²) >= 11 is 0. The van der Waals surface area contributed by atoms with Gasteiger partial charge in [0.05, 0.1) is 4.92 Å². The summed E-state index contributed by atoms with van der Waals surface area (Å²) < 4.78 is 1.52. The van der Waals surface area contributed by atoms with Crippen LogP contribution in [-0.2, 0) is 7.05 Å². The van der Waals surface area contributed by atoms with E-state index in [1.54, 1.807) is 7.05 Å². The number of hydrogen-bond acceptors (Lipinski definition) is 4. The molecular formula is C24H30N5O2Si+. The maximum absolute atomic E-state index is 11.6. The Hall–Kier alpha value is -3.39. The van der Waals surface area contributed by atoms with Crippen LogP contribution >= 0.6 is 0 Å². The number of nitro groups is 1. The molecule has 0 unspecified atom stereocenters. The Bertz CT molecular complexity index is 1310. The summed E-state index contributed by atoms with van der Waals surface area (Å²) in [5, 5.41) is 15.5. The molecule has 0 spiro atoms. The lowest BCUT2D eigenvalue weighted by Gasteiger charge is -2.36. The lowest BCUT2D eigenvalue weighted by atomic mass is 9.95.